The number of likely N-dealkylation sites (N-methyl/N-ethyl adjacent to an activating group) is 1. The third-order valence-corrected chi connectivity index (χ3v) is 6.29. The summed E-state index contributed by atoms with van der Waals surface area (Å²) < 4.78 is 24.8. The summed E-state index contributed by atoms with van der Waals surface area (Å²) in [5, 5.41) is 13.4. The van der Waals surface area contributed by atoms with E-state index in [1.807, 2.05) is 36.2 Å². The van der Waals surface area contributed by atoms with Gasteiger partial charge in [-0.15, -0.1) is 0 Å². The number of carbonyl (C=O) groups is 2. The predicted molar refractivity (Wildman–Crippen MR) is 142 cm³/mol. The zero-order valence-corrected chi connectivity index (χ0v) is 22.5. The second-order valence-corrected chi connectivity index (χ2v) is 9.43. The van der Waals surface area contributed by atoms with Crippen molar-refractivity contribution in [3.8, 4) is 11.1 Å². The summed E-state index contributed by atoms with van der Waals surface area (Å²) in [6, 6.07) is 11.4. The van der Waals surface area contributed by atoms with E-state index in [1.54, 1.807) is 20.1 Å². The Labute approximate surface area is 226 Å². The second kappa shape index (κ2) is 14.6. The lowest BCUT2D eigenvalue weighted by molar-refractivity contribution is -0.149. The molecule has 0 aliphatic carbocycles. The minimum atomic E-state index is -0.487. The molecule has 1 heterocycles. The monoisotopic (exact) mass is 545 g/mol. The number of hydrogen-bond acceptors (Lipinski definition) is 7. The minimum Gasteiger partial charge on any atom is -0.466 e. The number of rotatable bonds is 14. The van der Waals surface area contributed by atoms with E-state index in [1.165, 1.54) is 18.3 Å². The van der Waals surface area contributed by atoms with Crippen molar-refractivity contribution in [2.45, 2.75) is 25.8 Å². The van der Waals surface area contributed by atoms with E-state index in [9.17, 15) is 14.0 Å². The van der Waals surface area contributed by atoms with Gasteiger partial charge in [0.1, 0.15) is 5.82 Å². The first-order chi connectivity index (χ1) is 18.3. The first-order valence-corrected chi connectivity index (χ1v) is 12.7. The average Bonchev–Trinajstić information content (AvgIpc) is 3.44. The van der Waals surface area contributed by atoms with Crippen molar-refractivity contribution in [3.63, 3.8) is 0 Å². The van der Waals surface area contributed by atoms with Crippen molar-refractivity contribution in [2.75, 3.05) is 40.5 Å². The third-order valence-electron chi connectivity index (χ3n) is 6.06. The van der Waals surface area contributed by atoms with Crippen LogP contribution in [0.5, 0.6) is 0 Å². The fourth-order valence-electron chi connectivity index (χ4n) is 4.15. The number of benzene rings is 2. The predicted octanol–water partition coefficient (Wildman–Crippen LogP) is 3.75. The van der Waals surface area contributed by atoms with Crippen LogP contribution in [0, 0.1) is 11.7 Å². The first-order valence-electron chi connectivity index (χ1n) is 12.4. The van der Waals surface area contributed by atoms with Crippen molar-refractivity contribution >= 4 is 23.5 Å². The maximum Gasteiger partial charge on any atom is 0.310 e. The lowest BCUT2D eigenvalue weighted by atomic mass is 9.93. The van der Waals surface area contributed by atoms with Crippen LogP contribution in [0.15, 0.2) is 48.7 Å². The highest BCUT2D eigenvalue weighted by Crippen LogP contribution is 2.27. The fraction of sp³-hybridized carbons (Fsp3) is 0.407. The molecule has 3 rings (SSSR count). The quantitative estimate of drug-likeness (QED) is 0.297. The second-order valence-electron chi connectivity index (χ2n) is 8.99. The molecular formula is C27H33ClFN5O4. The highest BCUT2D eigenvalue weighted by atomic mass is 35.5. The van der Waals surface area contributed by atoms with Crippen LogP contribution in [0.3, 0.4) is 0 Å². The molecular weight excluding hydrogens is 513 g/mol. The van der Waals surface area contributed by atoms with Crippen molar-refractivity contribution in [1.82, 2.24) is 25.6 Å². The zero-order valence-electron chi connectivity index (χ0n) is 21.7. The van der Waals surface area contributed by atoms with E-state index in [0.29, 0.717) is 48.7 Å². The largest absolute Gasteiger partial charge is 0.466 e. The number of ether oxygens (including phenoxy) is 2. The molecule has 1 amide bonds. The number of amides is 1. The summed E-state index contributed by atoms with van der Waals surface area (Å²) in [6.45, 7) is 3.62. The molecule has 2 unspecified atom stereocenters. The van der Waals surface area contributed by atoms with Gasteiger partial charge in [-0.05, 0) is 56.1 Å². The number of hydrogen-bond donors (Lipinski definition) is 2. The van der Waals surface area contributed by atoms with Crippen molar-refractivity contribution in [2.24, 2.45) is 5.92 Å². The van der Waals surface area contributed by atoms with Gasteiger partial charge in [-0.2, -0.15) is 15.4 Å². The van der Waals surface area contributed by atoms with Crippen LogP contribution in [-0.2, 0) is 20.7 Å². The van der Waals surface area contributed by atoms with Gasteiger partial charge in [0.05, 0.1) is 25.3 Å². The Kier molecular flexibility index (Phi) is 11.2. The van der Waals surface area contributed by atoms with Crippen molar-refractivity contribution < 1.29 is 23.5 Å². The van der Waals surface area contributed by atoms with Gasteiger partial charge in [-0.1, -0.05) is 35.9 Å². The maximum atomic E-state index is 14.3. The summed E-state index contributed by atoms with van der Waals surface area (Å²) in [7, 11) is 3.53. The molecule has 2 N–H and O–H groups in total. The van der Waals surface area contributed by atoms with Crippen LogP contribution in [0.1, 0.15) is 29.4 Å². The number of esters is 1. The highest BCUT2D eigenvalue weighted by molar-refractivity contribution is 6.30. The first kappa shape index (κ1) is 29.2. The smallest absolute Gasteiger partial charge is 0.310 e. The normalized spacial score (nSPS) is 12.8. The van der Waals surface area contributed by atoms with Gasteiger partial charge in [-0.25, -0.2) is 4.39 Å². The number of nitrogens with zero attached hydrogens (tertiary/aromatic N) is 3. The van der Waals surface area contributed by atoms with Gasteiger partial charge in [0, 0.05) is 36.8 Å². The van der Waals surface area contributed by atoms with Gasteiger partial charge in [-0.3, -0.25) is 9.59 Å². The van der Waals surface area contributed by atoms with Crippen LogP contribution in [-0.4, -0.2) is 78.7 Å². The van der Waals surface area contributed by atoms with E-state index >= 15 is 0 Å². The molecule has 2 aromatic carbocycles. The molecule has 11 heteroatoms. The summed E-state index contributed by atoms with van der Waals surface area (Å²) in [5.41, 5.74) is 2.13. The molecule has 38 heavy (non-hydrogen) atoms. The molecule has 1 aromatic heterocycles. The lowest BCUT2D eigenvalue weighted by Crippen LogP contribution is -2.42. The Hall–Kier alpha value is -3.34. The molecule has 0 aliphatic heterocycles. The van der Waals surface area contributed by atoms with Crippen LogP contribution < -0.4 is 5.32 Å². The van der Waals surface area contributed by atoms with E-state index in [-0.39, 0.29) is 24.1 Å². The maximum absolute atomic E-state index is 14.3. The molecule has 9 nitrogen and oxygen atoms in total. The SMILES string of the molecule is CCOC(=O)C(CC(Cc1ccc(-c2cc(Cl)ccc2F)cc1)NC(=O)c1cn[nH]n1)CN(C)CCOC. The van der Waals surface area contributed by atoms with E-state index in [4.69, 9.17) is 21.1 Å². The van der Waals surface area contributed by atoms with Crippen molar-refractivity contribution in [3.05, 3.63) is 70.8 Å². The average molecular weight is 546 g/mol. The van der Waals surface area contributed by atoms with E-state index in [2.05, 4.69) is 20.7 Å². The molecule has 204 valence electrons. The van der Waals surface area contributed by atoms with Gasteiger partial charge in [0.15, 0.2) is 5.69 Å². The number of halogens is 2. The van der Waals surface area contributed by atoms with E-state index < -0.39 is 17.9 Å². The Balaban J connectivity index is 1.81. The van der Waals surface area contributed by atoms with Crippen LogP contribution in [0.4, 0.5) is 4.39 Å². The minimum absolute atomic E-state index is 0.145. The van der Waals surface area contributed by atoms with E-state index in [0.717, 1.165) is 5.56 Å². The molecule has 0 saturated heterocycles. The Morgan fingerprint density at radius 3 is 2.63 bits per heavy atom. The molecule has 2 atom stereocenters. The number of H-pyrrole nitrogens is 1. The van der Waals surface area contributed by atoms with Crippen molar-refractivity contribution in [1.29, 1.82) is 0 Å². The Morgan fingerprint density at radius 2 is 1.97 bits per heavy atom. The highest BCUT2D eigenvalue weighted by Gasteiger charge is 2.27. The molecule has 0 fully saturated rings. The Bertz CT molecular complexity index is 1180. The third kappa shape index (κ3) is 8.61. The lowest BCUT2D eigenvalue weighted by Gasteiger charge is -2.27. The summed E-state index contributed by atoms with van der Waals surface area (Å²) in [5.74, 6) is -1.59. The fourth-order valence-corrected chi connectivity index (χ4v) is 4.32. The van der Waals surface area contributed by atoms with Crippen LogP contribution in [0.25, 0.3) is 11.1 Å². The number of carbonyl (C=O) groups excluding carboxylic acids is 2. The number of aromatic amines is 1. The Morgan fingerprint density at radius 1 is 1.21 bits per heavy atom. The summed E-state index contributed by atoms with van der Waals surface area (Å²) in [6.07, 6.45) is 2.10. The molecule has 0 spiro atoms. The zero-order chi connectivity index (χ0) is 27.5. The van der Waals surface area contributed by atoms with Gasteiger partial charge >= 0.3 is 5.97 Å². The number of methoxy groups -OCH3 is 1. The molecule has 3 aromatic rings. The number of aromatic nitrogens is 3. The van der Waals surface area contributed by atoms with Crippen LogP contribution >= 0.6 is 11.6 Å². The molecule has 0 bridgehead atoms. The van der Waals surface area contributed by atoms with Crippen LogP contribution in [0.2, 0.25) is 5.02 Å². The molecule has 0 aliphatic rings. The van der Waals surface area contributed by atoms with Gasteiger partial charge < -0.3 is 19.7 Å². The van der Waals surface area contributed by atoms with Gasteiger partial charge in [0.2, 0.25) is 0 Å². The van der Waals surface area contributed by atoms with Gasteiger partial charge in [0.25, 0.3) is 5.91 Å². The molecule has 0 radical (unpaired) electrons. The topological polar surface area (TPSA) is 109 Å². The summed E-state index contributed by atoms with van der Waals surface area (Å²) in [4.78, 5) is 27.7. The molecule has 0 saturated carbocycles. The number of nitrogens with one attached hydrogen (secondary N) is 2. The standard InChI is InChI=1S/C27H33ClFN5O4/c1-4-38-27(36)20(17-34(2)11-12-37-3)14-22(31-26(35)25-16-30-33-32-25)13-18-5-7-19(8-6-18)23-15-21(28)9-10-24(23)29/h5-10,15-16,20,22H,4,11-14,17H2,1-3H3,(H,31,35)(H,30,32,33). The summed E-state index contributed by atoms with van der Waals surface area (Å²) >= 11 is 6.05.